The quantitative estimate of drug-likeness (QED) is 0.542. The smallest absolute Gasteiger partial charge is 0.272 e. The van der Waals surface area contributed by atoms with Crippen LogP contribution in [0, 0.1) is 27.7 Å². The molecule has 0 aliphatic carbocycles. The average Bonchev–Trinajstić information content (AvgIpc) is 2.83. The number of carbonyl (C=O) groups excluding carboxylic acids is 1. The lowest BCUT2D eigenvalue weighted by molar-refractivity contribution is -0.121. The van der Waals surface area contributed by atoms with Crippen molar-refractivity contribution in [1.82, 2.24) is 19.8 Å². The summed E-state index contributed by atoms with van der Waals surface area (Å²) in [6, 6.07) is 10.0. The van der Waals surface area contributed by atoms with Gasteiger partial charge in [0.25, 0.3) is 5.56 Å². The van der Waals surface area contributed by atoms with Crippen LogP contribution in [0.4, 0.5) is 5.69 Å². The standard InChI is InChI=1S/C27H34ClN5O2/c1-18-5-6-22(28)17-24(18)32-13-11-31(12-14-32)10-8-29-26(34)7-9-33-25-16-20(3)19(2)15-23(25)30-21(4)27(33)35/h5-6,15-17H,7-14H2,1-4H3,(H,29,34). The third kappa shape index (κ3) is 5.85. The highest BCUT2D eigenvalue weighted by Gasteiger charge is 2.19. The van der Waals surface area contributed by atoms with Crippen LogP contribution in [0.15, 0.2) is 35.1 Å². The number of nitrogens with one attached hydrogen (secondary N) is 1. The highest BCUT2D eigenvalue weighted by Crippen LogP contribution is 2.25. The predicted molar refractivity (Wildman–Crippen MR) is 143 cm³/mol. The van der Waals surface area contributed by atoms with Gasteiger partial charge in [-0.15, -0.1) is 0 Å². The molecule has 2 heterocycles. The number of amides is 1. The second kappa shape index (κ2) is 10.8. The molecule has 0 bridgehead atoms. The van der Waals surface area contributed by atoms with Crippen LogP contribution in [0.2, 0.25) is 5.02 Å². The first-order valence-corrected chi connectivity index (χ1v) is 12.6. The van der Waals surface area contributed by atoms with E-state index >= 15 is 0 Å². The summed E-state index contributed by atoms with van der Waals surface area (Å²) in [5.74, 6) is -0.0449. The lowest BCUT2D eigenvalue weighted by Crippen LogP contribution is -2.48. The number of benzene rings is 2. The highest BCUT2D eigenvalue weighted by molar-refractivity contribution is 6.30. The van der Waals surface area contributed by atoms with E-state index in [1.807, 2.05) is 38.1 Å². The third-order valence-electron chi connectivity index (χ3n) is 6.92. The van der Waals surface area contributed by atoms with Crippen LogP contribution in [0.25, 0.3) is 11.0 Å². The fraction of sp³-hybridized carbons (Fsp3) is 0.444. The van der Waals surface area contributed by atoms with Crippen molar-refractivity contribution < 1.29 is 4.79 Å². The van der Waals surface area contributed by atoms with Crippen molar-refractivity contribution in [2.45, 2.75) is 40.7 Å². The molecular formula is C27H34ClN5O2. The summed E-state index contributed by atoms with van der Waals surface area (Å²) in [5, 5.41) is 3.78. The Kier molecular flexibility index (Phi) is 7.77. The van der Waals surface area contributed by atoms with Crippen molar-refractivity contribution in [3.05, 3.63) is 68.1 Å². The number of halogens is 1. The number of fused-ring (bicyclic) bond motifs is 1. The predicted octanol–water partition coefficient (Wildman–Crippen LogP) is 3.61. The van der Waals surface area contributed by atoms with Crippen LogP contribution in [-0.2, 0) is 11.3 Å². The summed E-state index contributed by atoms with van der Waals surface area (Å²) >= 11 is 6.19. The number of anilines is 1. The summed E-state index contributed by atoms with van der Waals surface area (Å²) in [4.78, 5) is 34.5. The number of carbonyl (C=O) groups is 1. The van der Waals surface area contributed by atoms with Crippen molar-refractivity contribution in [1.29, 1.82) is 0 Å². The molecule has 0 spiro atoms. The molecule has 0 saturated carbocycles. The number of nitrogens with zero attached hydrogens (tertiary/aromatic N) is 4. The Morgan fingerprint density at radius 1 is 0.971 bits per heavy atom. The summed E-state index contributed by atoms with van der Waals surface area (Å²) in [5.41, 5.74) is 6.56. The highest BCUT2D eigenvalue weighted by atomic mass is 35.5. The SMILES string of the molecule is Cc1cc2nc(C)c(=O)n(CCC(=O)NCCN3CCN(c4cc(Cl)ccc4C)CC3)c2cc1C. The molecule has 0 atom stereocenters. The topological polar surface area (TPSA) is 70.5 Å². The van der Waals surface area contributed by atoms with E-state index in [-0.39, 0.29) is 17.9 Å². The maximum atomic E-state index is 12.7. The lowest BCUT2D eigenvalue weighted by Gasteiger charge is -2.36. The zero-order chi connectivity index (χ0) is 25.1. The molecule has 0 radical (unpaired) electrons. The van der Waals surface area contributed by atoms with E-state index < -0.39 is 0 Å². The maximum Gasteiger partial charge on any atom is 0.272 e. The number of hydrogen-bond acceptors (Lipinski definition) is 5. The fourth-order valence-electron chi connectivity index (χ4n) is 4.64. The summed E-state index contributed by atoms with van der Waals surface area (Å²) in [7, 11) is 0. The molecule has 0 unspecified atom stereocenters. The van der Waals surface area contributed by atoms with Gasteiger partial charge in [0.2, 0.25) is 5.91 Å². The molecule has 1 aliphatic rings. The van der Waals surface area contributed by atoms with Crippen molar-refractivity contribution in [2.75, 3.05) is 44.2 Å². The molecule has 3 aromatic rings. The van der Waals surface area contributed by atoms with E-state index in [1.165, 1.54) is 11.3 Å². The minimum atomic E-state index is -0.138. The van der Waals surface area contributed by atoms with Crippen LogP contribution in [0.1, 0.15) is 28.8 Å². The summed E-state index contributed by atoms with van der Waals surface area (Å²) in [6.07, 6.45) is 0.257. The monoisotopic (exact) mass is 495 g/mol. The molecule has 1 saturated heterocycles. The Balaban J connectivity index is 1.27. The van der Waals surface area contributed by atoms with E-state index in [1.54, 1.807) is 11.5 Å². The molecule has 1 N–H and O–H groups in total. The van der Waals surface area contributed by atoms with Gasteiger partial charge in [0.15, 0.2) is 0 Å². The van der Waals surface area contributed by atoms with Crippen LogP contribution in [0.5, 0.6) is 0 Å². The van der Waals surface area contributed by atoms with E-state index in [0.29, 0.717) is 18.8 Å². The van der Waals surface area contributed by atoms with Crippen molar-refractivity contribution in [3.8, 4) is 0 Å². The molecule has 2 aromatic carbocycles. The molecule has 1 aromatic heterocycles. The van der Waals surface area contributed by atoms with Crippen molar-refractivity contribution in [2.24, 2.45) is 0 Å². The number of hydrogen-bond donors (Lipinski definition) is 1. The average molecular weight is 496 g/mol. The normalized spacial score (nSPS) is 14.5. The van der Waals surface area contributed by atoms with Gasteiger partial charge in [-0.05, 0) is 68.7 Å². The van der Waals surface area contributed by atoms with Gasteiger partial charge in [-0.2, -0.15) is 0 Å². The van der Waals surface area contributed by atoms with E-state index in [0.717, 1.165) is 59.9 Å². The lowest BCUT2D eigenvalue weighted by atomic mass is 10.1. The van der Waals surface area contributed by atoms with Crippen molar-refractivity contribution in [3.63, 3.8) is 0 Å². The Labute approximate surface area is 211 Å². The molecular weight excluding hydrogens is 462 g/mol. The molecule has 4 rings (SSSR count). The zero-order valence-electron chi connectivity index (χ0n) is 21.0. The fourth-order valence-corrected chi connectivity index (χ4v) is 4.80. The first kappa shape index (κ1) is 25.2. The molecule has 7 nitrogen and oxygen atoms in total. The molecule has 1 amide bonds. The molecule has 1 fully saturated rings. The number of aryl methyl sites for hydroxylation is 5. The summed E-state index contributed by atoms with van der Waals surface area (Å²) < 4.78 is 1.68. The summed E-state index contributed by atoms with van der Waals surface area (Å²) in [6.45, 7) is 13.4. The van der Waals surface area contributed by atoms with Crippen molar-refractivity contribution >= 4 is 34.2 Å². The van der Waals surface area contributed by atoms with Crippen LogP contribution >= 0.6 is 11.6 Å². The molecule has 35 heavy (non-hydrogen) atoms. The van der Waals surface area contributed by atoms with Crippen LogP contribution in [-0.4, -0.2) is 59.6 Å². The Morgan fingerprint density at radius 2 is 1.69 bits per heavy atom. The van der Waals surface area contributed by atoms with E-state index in [4.69, 9.17) is 11.6 Å². The first-order chi connectivity index (χ1) is 16.7. The number of rotatable bonds is 7. The number of piperazine rings is 1. The molecule has 1 aliphatic heterocycles. The second-order valence-corrected chi connectivity index (χ2v) is 9.88. The Bertz CT molecular complexity index is 1290. The molecule has 8 heteroatoms. The number of aromatic nitrogens is 2. The van der Waals surface area contributed by atoms with Gasteiger partial charge < -0.3 is 14.8 Å². The molecule has 186 valence electrons. The third-order valence-corrected chi connectivity index (χ3v) is 7.16. The van der Waals surface area contributed by atoms with Gasteiger partial charge in [-0.1, -0.05) is 17.7 Å². The van der Waals surface area contributed by atoms with Crippen LogP contribution < -0.4 is 15.8 Å². The van der Waals surface area contributed by atoms with Gasteiger partial charge in [0.1, 0.15) is 5.69 Å². The minimum absolute atomic E-state index is 0.0449. The Hall–Kier alpha value is -2.90. The van der Waals surface area contributed by atoms with Gasteiger partial charge in [0, 0.05) is 62.9 Å². The zero-order valence-corrected chi connectivity index (χ0v) is 21.8. The van der Waals surface area contributed by atoms with Crippen LogP contribution in [0.3, 0.4) is 0 Å². The first-order valence-electron chi connectivity index (χ1n) is 12.2. The largest absolute Gasteiger partial charge is 0.369 e. The van der Waals surface area contributed by atoms with Gasteiger partial charge in [-0.3, -0.25) is 14.5 Å². The Morgan fingerprint density at radius 3 is 2.43 bits per heavy atom. The van der Waals surface area contributed by atoms with E-state index in [9.17, 15) is 9.59 Å². The maximum absolute atomic E-state index is 12.7. The van der Waals surface area contributed by atoms with E-state index in [2.05, 4.69) is 33.1 Å². The van der Waals surface area contributed by atoms with Gasteiger partial charge >= 0.3 is 0 Å². The minimum Gasteiger partial charge on any atom is -0.369 e. The van der Waals surface area contributed by atoms with Gasteiger partial charge in [-0.25, -0.2) is 4.98 Å². The van der Waals surface area contributed by atoms with Gasteiger partial charge in [0.05, 0.1) is 11.0 Å². The second-order valence-electron chi connectivity index (χ2n) is 9.44.